The van der Waals surface area contributed by atoms with E-state index in [4.69, 9.17) is 4.98 Å². The lowest BCUT2D eigenvalue weighted by molar-refractivity contribution is 0.561. The zero-order valence-electron chi connectivity index (χ0n) is 10.7. The van der Waals surface area contributed by atoms with Crippen LogP contribution in [0.4, 0.5) is 5.82 Å². The average molecular weight is 229 g/mol. The van der Waals surface area contributed by atoms with E-state index in [0.717, 1.165) is 18.7 Å². The quantitative estimate of drug-likeness (QED) is 0.815. The van der Waals surface area contributed by atoms with Crippen molar-refractivity contribution in [3.8, 4) is 0 Å². The first-order chi connectivity index (χ1) is 8.05. The van der Waals surface area contributed by atoms with Gasteiger partial charge in [0, 0.05) is 30.2 Å². The molecule has 0 spiro atoms. The maximum atomic E-state index is 4.79. The summed E-state index contributed by atoms with van der Waals surface area (Å²) in [6.07, 6.45) is 3.25. The van der Waals surface area contributed by atoms with Gasteiger partial charge in [0.05, 0.1) is 0 Å². The molecule has 17 heavy (non-hydrogen) atoms. The number of H-pyrrole nitrogens is 1. The van der Waals surface area contributed by atoms with Crippen molar-refractivity contribution in [3.05, 3.63) is 23.9 Å². The van der Waals surface area contributed by atoms with E-state index >= 15 is 0 Å². The molecule has 1 N–H and O–H groups in total. The second-order valence-corrected chi connectivity index (χ2v) is 5.87. The Labute approximate surface area is 102 Å². The van der Waals surface area contributed by atoms with E-state index in [1.165, 1.54) is 23.2 Å². The zero-order chi connectivity index (χ0) is 12.0. The lowest BCUT2D eigenvalue weighted by Crippen LogP contribution is -2.39. The van der Waals surface area contributed by atoms with E-state index in [9.17, 15) is 0 Å². The molecule has 0 aromatic carbocycles. The van der Waals surface area contributed by atoms with Crippen LogP contribution in [0.5, 0.6) is 0 Å². The maximum Gasteiger partial charge on any atom is 0.139 e. The van der Waals surface area contributed by atoms with Crippen LogP contribution in [0.15, 0.2) is 18.3 Å². The SMILES string of the molecule is CC(C)(C)c1cc2cc[nH]c2nc1N1CCC1. The Hall–Kier alpha value is -1.51. The first-order valence-electron chi connectivity index (χ1n) is 6.29. The third-order valence-electron chi connectivity index (χ3n) is 3.48. The fraction of sp³-hybridized carbons (Fsp3) is 0.500. The average Bonchev–Trinajstić information content (AvgIpc) is 2.58. The number of rotatable bonds is 1. The molecule has 0 aliphatic carbocycles. The smallest absolute Gasteiger partial charge is 0.139 e. The lowest BCUT2D eigenvalue weighted by Gasteiger charge is -2.36. The molecule has 0 unspecified atom stereocenters. The van der Waals surface area contributed by atoms with Crippen LogP contribution in [0.2, 0.25) is 0 Å². The Morgan fingerprint density at radius 3 is 2.65 bits per heavy atom. The van der Waals surface area contributed by atoms with Crippen LogP contribution in [-0.4, -0.2) is 23.1 Å². The van der Waals surface area contributed by atoms with Gasteiger partial charge in [-0.05, 0) is 24.0 Å². The summed E-state index contributed by atoms with van der Waals surface area (Å²) in [5.74, 6) is 1.17. The highest BCUT2D eigenvalue weighted by Gasteiger charge is 2.26. The molecular weight excluding hydrogens is 210 g/mol. The number of anilines is 1. The number of nitrogens with zero attached hydrogens (tertiary/aromatic N) is 2. The molecule has 3 rings (SSSR count). The summed E-state index contributed by atoms with van der Waals surface area (Å²) in [5, 5.41) is 1.21. The molecule has 90 valence electrons. The van der Waals surface area contributed by atoms with E-state index in [1.54, 1.807) is 0 Å². The monoisotopic (exact) mass is 229 g/mol. The summed E-state index contributed by atoms with van der Waals surface area (Å²) < 4.78 is 0. The molecule has 3 nitrogen and oxygen atoms in total. The minimum Gasteiger partial charge on any atom is -0.356 e. The van der Waals surface area contributed by atoms with Crippen molar-refractivity contribution >= 4 is 16.9 Å². The third-order valence-corrected chi connectivity index (χ3v) is 3.48. The van der Waals surface area contributed by atoms with Crippen LogP contribution in [0.3, 0.4) is 0 Å². The van der Waals surface area contributed by atoms with Crippen molar-refractivity contribution < 1.29 is 0 Å². The molecule has 1 saturated heterocycles. The summed E-state index contributed by atoms with van der Waals surface area (Å²) in [6.45, 7) is 9.05. The highest BCUT2D eigenvalue weighted by molar-refractivity contribution is 5.80. The molecule has 3 heteroatoms. The fourth-order valence-corrected chi connectivity index (χ4v) is 2.29. The topological polar surface area (TPSA) is 31.9 Å². The molecule has 0 radical (unpaired) electrons. The first kappa shape index (κ1) is 10.6. The number of hydrogen-bond donors (Lipinski definition) is 1. The summed E-state index contributed by atoms with van der Waals surface area (Å²) in [6, 6.07) is 4.38. The van der Waals surface area contributed by atoms with Crippen LogP contribution < -0.4 is 4.90 Å². The summed E-state index contributed by atoms with van der Waals surface area (Å²) in [5.41, 5.74) is 2.49. The molecule has 3 heterocycles. The Kier molecular flexibility index (Phi) is 2.18. The molecule has 0 amide bonds. The highest BCUT2D eigenvalue weighted by Crippen LogP contribution is 2.34. The first-order valence-corrected chi connectivity index (χ1v) is 6.29. The fourth-order valence-electron chi connectivity index (χ4n) is 2.29. The second kappa shape index (κ2) is 3.49. The van der Waals surface area contributed by atoms with E-state index in [0.29, 0.717) is 0 Å². The largest absolute Gasteiger partial charge is 0.356 e. The van der Waals surface area contributed by atoms with Gasteiger partial charge in [-0.3, -0.25) is 0 Å². The van der Waals surface area contributed by atoms with Crippen LogP contribution >= 0.6 is 0 Å². The van der Waals surface area contributed by atoms with Crippen molar-refractivity contribution in [1.82, 2.24) is 9.97 Å². The van der Waals surface area contributed by atoms with Gasteiger partial charge in [0.15, 0.2) is 0 Å². The summed E-state index contributed by atoms with van der Waals surface area (Å²) in [7, 11) is 0. The second-order valence-electron chi connectivity index (χ2n) is 5.87. The third kappa shape index (κ3) is 1.70. The maximum absolute atomic E-state index is 4.79. The molecule has 1 aliphatic heterocycles. The van der Waals surface area contributed by atoms with E-state index in [-0.39, 0.29) is 5.41 Å². The minimum atomic E-state index is 0.142. The highest BCUT2D eigenvalue weighted by atomic mass is 15.2. The van der Waals surface area contributed by atoms with Gasteiger partial charge < -0.3 is 9.88 Å². The van der Waals surface area contributed by atoms with Crippen molar-refractivity contribution in [2.24, 2.45) is 0 Å². The van der Waals surface area contributed by atoms with Crippen molar-refractivity contribution in [1.29, 1.82) is 0 Å². The van der Waals surface area contributed by atoms with E-state index in [2.05, 4.69) is 42.8 Å². The standard InChI is InChI=1S/C14H19N3/c1-14(2,3)11-9-10-5-6-15-12(10)16-13(11)17-7-4-8-17/h5-6,9H,4,7-8H2,1-3H3,(H,15,16). The van der Waals surface area contributed by atoms with E-state index < -0.39 is 0 Å². The van der Waals surface area contributed by atoms with Crippen molar-refractivity contribution in [2.45, 2.75) is 32.6 Å². The molecular formula is C14H19N3. The Balaban J connectivity index is 2.20. The molecule has 0 bridgehead atoms. The van der Waals surface area contributed by atoms with Gasteiger partial charge in [-0.2, -0.15) is 0 Å². The van der Waals surface area contributed by atoms with Gasteiger partial charge >= 0.3 is 0 Å². The zero-order valence-corrected chi connectivity index (χ0v) is 10.7. The predicted octanol–water partition coefficient (Wildman–Crippen LogP) is 3.07. The van der Waals surface area contributed by atoms with Crippen molar-refractivity contribution in [3.63, 3.8) is 0 Å². The molecule has 1 aliphatic rings. The van der Waals surface area contributed by atoms with E-state index in [1.807, 2.05) is 6.20 Å². The normalized spacial score (nSPS) is 16.3. The van der Waals surface area contributed by atoms with Gasteiger partial charge in [0.25, 0.3) is 0 Å². The van der Waals surface area contributed by atoms with Gasteiger partial charge in [-0.1, -0.05) is 20.8 Å². The molecule has 0 atom stereocenters. The van der Waals surface area contributed by atoms with Crippen LogP contribution in [-0.2, 0) is 5.41 Å². The molecule has 0 saturated carbocycles. The molecule has 2 aromatic rings. The Morgan fingerprint density at radius 1 is 1.29 bits per heavy atom. The van der Waals surface area contributed by atoms with Gasteiger partial charge in [0.1, 0.15) is 11.5 Å². The minimum absolute atomic E-state index is 0.142. The number of nitrogens with one attached hydrogen (secondary N) is 1. The van der Waals surface area contributed by atoms with Crippen LogP contribution in [0, 0.1) is 0 Å². The Bertz CT molecular complexity index is 544. The van der Waals surface area contributed by atoms with Gasteiger partial charge in [-0.25, -0.2) is 4.98 Å². The van der Waals surface area contributed by atoms with Gasteiger partial charge in [-0.15, -0.1) is 0 Å². The summed E-state index contributed by atoms with van der Waals surface area (Å²) in [4.78, 5) is 10.4. The molecule has 1 fully saturated rings. The Morgan fingerprint density at radius 2 is 2.06 bits per heavy atom. The lowest BCUT2D eigenvalue weighted by atomic mass is 9.86. The number of aromatic nitrogens is 2. The van der Waals surface area contributed by atoms with Crippen LogP contribution in [0.1, 0.15) is 32.8 Å². The number of pyridine rings is 1. The van der Waals surface area contributed by atoms with Crippen molar-refractivity contribution in [2.75, 3.05) is 18.0 Å². The number of hydrogen-bond acceptors (Lipinski definition) is 2. The van der Waals surface area contributed by atoms with Crippen LogP contribution in [0.25, 0.3) is 11.0 Å². The number of aromatic amines is 1. The summed E-state index contributed by atoms with van der Waals surface area (Å²) >= 11 is 0. The molecule has 2 aromatic heterocycles. The number of fused-ring (bicyclic) bond motifs is 1. The predicted molar refractivity (Wildman–Crippen MR) is 71.6 cm³/mol. The van der Waals surface area contributed by atoms with Gasteiger partial charge in [0.2, 0.25) is 0 Å².